The zero-order valence-corrected chi connectivity index (χ0v) is 24.5. The van der Waals surface area contributed by atoms with Crippen LogP contribution in [0.15, 0.2) is 24.4 Å². The number of nitrogens with zero attached hydrogens (tertiary/aromatic N) is 4. The molecule has 0 bridgehead atoms. The first-order valence-corrected chi connectivity index (χ1v) is 14.2. The molecule has 1 aliphatic heterocycles. The van der Waals surface area contributed by atoms with E-state index in [-0.39, 0.29) is 42.0 Å². The van der Waals surface area contributed by atoms with E-state index in [9.17, 15) is 22.8 Å². The van der Waals surface area contributed by atoms with E-state index in [1.807, 2.05) is 0 Å². The van der Waals surface area contributed by atoms with Gasteiger partial charge in [-0.25, -0.2) is 14.8 Å². The summed E-state index contributed by atoms with van der Waals surface area (Å²) in [5.74, 6) is -0.165. The number of amides is 2. The molecule has 2 aliphatic rings. The monoisotopic (exact) mass is 592 g/mol. The van der Waals surface area contributed by atoms with Gasteiger partial charge in [-0.1, -0.05) is 12.8 Å². The number of methoxy groups -OCH3 is 2. The fourth-order valence-electron chi connectivity index (χ4n) is 5.81. The van der Waals surface area contributed by atoms with Crippen molar-refractivity contribution in [3.63, 3.8) is 0 Å². The van der Waals surface area contributed by atoms with Crippen LogP contribution in [0.4, 0.5) is 29.6 Å². The highest BCUT2D eigenvalue weighted by Gasteiger charge is 2.38. The summed E-state index contributed by atoms with van der Waals surface area (Å²) in [5.41, 5.74) is -0.252. The predicted molar refractivity (Wildman–Crippen MR) is 151 cm³/mol. The minimum atomic E-state index is -4.65. The Morgan fingerprint density at radius 3 is 2.50 bits per heavy atom. The van der Waals surface area contributed by atoms with Gasteiger partial charge in [0.05, 0.1) is 31.2 Å². The molecule has 0 unspecified atom stereocenters. The number of alkyl halides is 3. The Morgan fingerprint density at radius 2 is 1.83 bits per heavy atom. The van der Waals surface area contributed by atoms with Crippen LogP contribution in [0, 0.1) is 5.92 Å². The molecule has 2 atom stereocenters. The Hall–Kier alpha value is -3.61. The van der Waals surface area contributed by atoms with Gasteiger partial charge in [0.15, 0.2) is 0 Å². The topological polar surface area (TPSA) is 109 Å². The first kappa shape index (κ1) is 31.3. The van der Waals surface area contributed by atoms with Gasteiger partial charge in [0.2, 0.25) is 5.95 Å². The van der Waals surface area contributed by atoms with E-state index in [1.165, 1.54) is 19.1 Å². The highest BCUT2D eigenvalue weighted by atomic mass is 19.4. The molecule has 2 N–H and O–H groups in total. The smallest absolute Gasteiger partial charge is 0.419 e. The Balaban J connectivity index is 1.54. The Kier molecular flexibility index (Phi) is 10.1. The Bertz CT molecular complexity index is 1250. The molecule has 1 aromatic heterocycles. The van der Waals surface area contributed by atoms with Crippen molar-refractivity contribution in [2.45, 2.75) is 63.2 Å². The molecular weight excluding hydrogens is 553 g/mol. The molecule has 0 radical (unpaired) electrons. The molecule has 1 aliphatic carbocycles. The number of hydrogen-bond acceptors (Lipinski definition) is 8. The number of ether oxygens (including phenoxy) is 2. The van der Waals surface area contributed by atoms with Gasteiger partial charge in [-0.05, 0) is 76.4 Å². The van der Waals surface area contributed by atoms with Gasteiger partial charge in [0.25, 0.3) is 5.91 Å². The first-order chi connectivity index (χ1) is 20.0. The van der Waals surface area contributed by atoms with Gasteiger partial charge in [-0.3, -0.25) is 4.79 Å². The summed E-state index contributed by atoms with van der Waals surface area (Å²) in [4.78, 5) is 37.0. The van der Waals surface area contributed by atoms with Crippen LogP contribution in [-0.4, -0.2) is 85.3 Å². The molecule has 2 heterocycles. The average Bonchev–Trinajstić information content (AvgIpc) is 2.97. The standard InChI is InChI=1S/C29H39F3N6O4/c1-37-13-11-20(12-14-37)34-26(39)19-9-10-22(25(16-19)41-3)35-27-33-17-21(29(30,31)32)23(36-27)15-18-7-5-6-8-24(18)38(2)28(40)42-4/h9-10,16-18,20,24H,5-8,11-15H2,1-4H3,(H,34,39)(H,33,35,36)/t18-,24+/m0/s1. The van der Waals surface area contributed by atoms with Crippen molar-refractivity contribution in [2.75, 3.05) is 46.7 Å². The Labute approximate surface area is 244 Å². The van der Waals surface area contributed by atoms with Crippen molar-refractivity contribution >= 4 is 23.6 Å². The third-order valence-corrected chi connectivity index (χ3v) is 8.22. The van der Waals surface area contributed by atoms with Crippen LogP contribution in [0.2, 0.25) is 0 Å². The molecule has 1 aromatic carbocycles. The number of carbonyl (C=O) groups excluding carboxylic acids is 2. The lowest BCUT2D eigenvalue weighted by Gasteiger charge is -2.37. The normalized spacial score (nSPS) is 20.1. The van der Waals surface area contributed by atoms with Crippen LogP contribution in [-0.2, 0) is 17.3 Å². The number of rotatable bonds is 8. The van der Waals surface area contributed by atoms with Crippen molar-refractivity contribution in [1.82, 2.24) is 25.1 Å². The third-order valence-electron chi connectivity index (χ3n) is 8.22. The third kappa shape index (κ3) is 7.61. The lowest BCUT2D eigenvalue weighted by atomic mass is 9.80. The van der Waals surface area contributed by atoms with Crippen molar-refractivity contribution in [3.05, 3.63) is 41.2 Å². The summed E-state index contributed by atoms with van der Waals surface area (Å²) in [6, 6.07) is 4.63. The molecule has 13 heteroatoms. The summed E-state index contributed by atoms with van der Waals surface area (Å²) < 4.78 is 52.3. The molecule has 2 amide bonds. The number of benzene rings is 1. The van der Waals surface area contributed by atoms with E-state index in [1.54, 1.807) is 25.2 Å². The van der Waals surface area contributed by atoms with E-state index in [0.29, 0.717) is 29.8 Å². The summed E-state index contributed by atoms with van der Waals surface area (Å²) in [6.07, 6.45) is 0.414. The summed E-state index contributed by atoms with van der Waals surface area (Å²) in [5, 5.41) is 6.02. The summed E-state index contributed by atoms with van der Waals surface area (Å²) in [7, 11) is 6.38. The maximum Gasteiger partial charge on any atom is 0.419 e. The van der Waals surface area contributed by atoms with Crippen LogP contribution in [0.1, 0.15) is 60.1 Å². The second-order valence-corrected chi connectivity index (χ2v) is 11.0. The van der Waals surface area contributed by atoms with Crippen LogP contribution >= 0.6 is 0 Å². The fourth-order valence-corrected chi connectivity index (χ4v) is 5.81. The number of anilines is 2. The number of carbonyl (C=O) groups is 2. The van der Waals surface area contributed by atoms with Crippen molar-refractivity contribution in [3.8, 4) is 5.75 Å². The van der Waals surface area contributed by atoms with Crippen LogP contribution in [0.3, 0.4) is 0 Å². The molecule has 1 saturated carbocycles. The predicted octanol–water partition coefficient (Wildman–Crippen LogP) is 4.87. The summed E-state index contributed by atoms with van der Waals surface area (Å²) in [6.45, 7) is 1.82. The van der Waals surface area contributed by atoms with E-state index < -0.39 is 17.8 Å². The van der Waals surface area contributed by atoms with Crippen molar-refractivity contribution in [1.29, 1.82) is 0 Å². The second kappa shape index (κ2) is 13.6. The van der Waals surface area contributed by atoms with Gasteiger partial charge in [0, 0.05) is 30.9 Å². The number of piperidine rings is 1. The van der Waals surface area contributed by atoms with Gasteiger partial charge >= 0.3 is 12.3 Å². The first-order valence-electron chi connectivity index (χ1n) is 14.2. The highest BCUT2D eigenvalue weighted by molar-refractivity contribution is 5.95. The van der Waals surface area contributed by atoms with E-state index in [2.05, 4.69) is 32.5 Å². The zero-order chi connectivity index (χ0) is 30.4. The van der Waals surface area contributed by atoms with E-state index in [0.717, 1.165) is 45.0 Å². The Morgan fingerprint density at radius 1 is 1.12 bits per heavy atom. The average molecular weight is 593 g/mol. The minimum Gasteiger partial charge on any atom is -0.495 e. The number of aromatic nitrogens is 2. The molecule has 0 spiro atoms. The largest absolute Gasteiger partial charge is 0.495 e. The van der Waals surface area contributed by atoms with Gasteiger partial charge in [-0.2, -0.15) is 13.2 Å². The second-order valence-electron chi connectivity index (χ2n) is 11.0. The van der Waals surface area contributed by atoms with Gasteiger partial charge in [-0.15, -0.1) is 0 Å². The number of hydrogen-bond donors (Lipinski definition) is 2. The molecule has 2 aromatic rings. The molecule has 2 fully saturated rings. The zero-order valence-electron chi connectivity index (χ0n) is 24.5. The fraction of sp³-hybridized carbons (Fsp3) is 0.586. The lowest BCUT2D eigenvalue weighted by molar-refractivity contribution is -0.138. The van der Waals surface area contributed by atoms with Crippen molar-refractivity contribution < 1.29 is 32.2 Å². The molecule has 10 nitrogen and oxygen atoms in total. The minimum absolute atomic E-state index is 0.0191. The van der Waals surface area contributed by atoms with Gasteiger partial charge in [0.1, 0.15) is 5.75 Å². The van der Waals surface area contributed by atoms with Crippen LogP contribution in [0.5, 0.6) is 5.75 Å². The quantitative estimate of drug-likeness (QED) is 0.447. The van der Waals surface area contributed by atoms with Crippen LogP contribution < -0.4 is 15.4 Å². The number of nitrogens with one attached hydrogen (secondary N) is 2. The maximum atomic E-state index is 14.0. The number of likely N-dealkylation sites (tertiary alicyclic amines) is 1. The molecule has 4 rings (SSSR count). The SMILES string of the molecule is COC(=O)N(C)[C@@H]1CCCC[C@H]1Cc1nc(Nc2ccc(C(=O)NC3CCN(C)CC3)cc2OC)ncc1C(F)(F)F. The molecule has 230 valence electrons. The van der Waals surface area contributed by atoms with Gasteiger partial charge < -0.3 is 29.9 Å². The van der Waals surface area contributed by atoms with Crippen molar-refractivity contribution in [2.24, 2.45) is 5.92 Å². The van der Waals surface area contributed by atoms with E-state index in [4.69, 9.17) is 9.47 Å². The maximum absolute atomic E-state index is 14.0. The molecule has 1 saturated heterocycles. The van der Waals surface area contributed by atoms with Crippen LogP contribution in [0.25, 0.3) is 0 Å². The lowest BCUT2D eigenvalue weighted by Crippen LogP contribution is -2.44. The summed E-state index contributed by atoms with van der Waals surface area (Å²) >= 11 is 0. The molecule has 42 heavy (non-hydrogen) atoms. The highest BCUT2D eigenvalue weighted by Crippen LogP contribution is 2.37. The number of halogens is 3. The molecular formula is C29H39F3N6O4. The van der Waals surface area contributed by atoms with E-state index >= 15 is 0 Å².